The van der Waals surface area contributed by atoms with E-state index in [9.17, 15) is 9.90 Å². The summed E-state index contributed by atoms with van der Waals surface area (Å²) in [5.74, 6) is -0.513. The Kier molecular flexibility index (Phi) is 4.82. The van der Waals surface area contributed by atoms with Crippen LogP contribution in [0.15, 0.2) is 75.4 Å². The predicted octanol–water partition coefficient (Wildman–Crippen LogP) is 5.01. The minimum Gasteiger partial charge on any atom is -0.493 e. The van der Waals surface area contributed by atoms with Crippen molar-refractivity contribution in [1.82, 2.24) is 15.8 Å². The molecule has 4 N–H and O–H groups in total. The van der Waals surface area contributed by atoms with Gasteiger partial charge in [-0.2, -0.15) is 0 Å². The van der Waals surface area contributed by atoms with E-state index in [-0.39, 0.29) is 17.6 Å². The molecule has 2 unspecified atom stereocenters. The highest BCUT2D eigenvalue weighted by atomic mass is 79.9. The number of aromatic hydroxyl groups is 1. The SMILES string of the molecule is O=C(N=Nc1c(O)[nH]c2ccc(Br)cc12)C1CC(c2ccc3ccccc3c2)NN1. The lowest BCUT2D eigenvalue weighted by molar-refractivity contribution is -0.120. The van der Waals surface area contributed by atoms with Crippen LogP contribution in [0.25, 0.3) is 21.7 Å². The van der Waals surface area contributed by atoms with Crippen LogP contribution in [0.3, 0.4) is 0 Å². The number of halogens is 1. The Balaban J connectivity index is 1.33. The van der Waals surface area contributed by atoms with Gasteiger partial charge in [0, 0.05) is 15.9 Å². The Morgan fingerprint density at radius 3 is 2.73 bits per heavy atom. The fraction of sp³-hybridized carbons (Fsp3) is 0.136. The molecule has 1 saturated heterocycles. The molecule has 1 fully saturated rings. The molecule has 0 bridgehead atoms. The van der Waals surface area contributed by atoms with Crippen LogP contribution in [0.4, 0.5) is 5.69 Å². The highest BCUT2D eigenvalue weighted by Crippen LogP contribution is 2.37. The van der Waals surface area contributed by atoms with Gasteiger partial charge in [0.25, 0.3) is 5.91 Å². The molecule has 1 aromatic heterocycles. The quantitative estimate of drug-likeness (QED) is 0.320. The Hall–Kier alpha value is -3.07. The van der Waals surface area contributed by atoms with Crippen LogP contribution in [0.5, 0.6) is 5.88 Å². The fourth-order valence-corrected chi connectivity index (χ4v) is 4.13. The number of fused-ring (bicyclic) bond motifs is 2. The van der Waals surface area contributed by atoms with E-state index in [4.69, 9.17) is 0 Å². The molecule has 8 heteroatoms. The highest BCUT2D eigenvalue weighted by molar-refractivity contribution is 9.10. The van der Waals surface area contributed by atoms with E-state index in [0.29, 0.717) is 17.3 Å². The Morgan fingerprint density at radius 2 is 1.87 bits per heavy atom. The second kappa shape index (κ2) is 7.64. The van der Waals surface area contributed by atoms with Gasteiger partial charge >= 0.3 is 0 Å². The van der Waals surface area contributed by atoms with E-state index in [2.05, 4.69) is 72.3 Å². The predicted molar refractivity (Wildman–Crippen MR) is 119 cm³/mol. The lowest BCUT2D eigenvalue weighted by Crippen LogP contribution is -2.35. The highest BCUT2D eigenvalue weighted by Gasteiger charge is 2.30. The van der Waals surface area contributed by atoms with Gasteiger partial charge in [0.15, 0.2) is 5.69 Å². The molecule has 0 radical (unpaired) electrons. The lowest BCUT2D eigenvalue weighted by Gasteiger charge is -2.10. The number of benzene rings is 3. The number of amides is 1. The van der Waals surface area contributed by atoms with Crippen molar-refractivity contribution in [2.45, 2.75) is 18.5 Å². The molecule has 1 aliphatic heterocycles. The summed E-state index contributed by atoms with van der Waals surface area (Å²) in [5, 5.41) is 21.0. The van der Waals surface area contributed by atoms with Gasteiger partial charge in [-0.05, 0) is 47.0 Å². The number of hydrazine groups is 1. The Bertz CT molecular complexity index is 1300. The summed E-state index contributed by atoms with van der Waals surface area (Å²) in [6.45, 7) is 0. The van der Waals surface area contributed by atoms with E-state index >= 15 is 0 Å². The number of aromatic nitrogens is 1. The van der Waals surface area contributed by atoms with Crippen LogP contribution in [0.2, 0.25) is 0 Å². The second-order valence-corrected chi connectivity index (χ2v) is 8.20. The third-order valence-electron chi connectivity index (χ3n) is 5.34. The number of nitrogens with zero attached hydrogens (tertiary/aromatic N) is 2. The average Bonchev–Trinajstić information content (AvgIpc) is 3.36. The van der Waals surface area contributed by atoms with Crippen LogP contribution in [0, 0.1) is 0 Å². The number of carbonyl (C=O) groups is 1. The first-order chi connectivity index (χ1) is 14.6. The van der Waals surface area contributed by atoms with Crippen LogP contribution in [-0.4, -0.2) is 22.0 Å². The number of aromatic amines is 1. The van der Waals surface area contributed by atoms with Gasteiger partial charge in [-0.25, -0.2) is 10.9 Å². The van der Waals surface area contributed by atoms with Gasteiger partial charge in [-0.15, -0.1) is 10.2 Å². The largest absolute Gasteiger partial charge is 0.493 e. The summed E-state index contributed by atoms with van der Waals surface area (Å²) in [6, 6.07) is 19.4. The molecule has 2 heterocycles. The molecule has 4 aromatic rings. The van der Waals surface area contributed by atoms with E-state index in [1.165, 1.54) is 5.39 Å². The molecule has 1 aliphatic rings. The van der Waals surface area contributed by atoms with Crippen molar-refractivity contribution in [1.29, 1.82) is 0 Å². The zero-order valence-electron chi connectivity index (χ0n) is 15.8. The maximum Gasteiger partial charge on any atom is 0.282 e. The van der Waals surface area contributed by atoms with Crippen molar-refractivity contribution in [2.24, 2.45) is 10.2 Å². The zero-order chi connectivity index (χ0) is 20.7. The summed E-state index contributed by atoms with van der Waals surface area (Å²) in [5.41, 5.74) is 8.26. The number of H-pyrrole nitrogens is 1. The molecule has 0 aliphatic carbocycles. The molecule has 1 amide bonds. The van der Waals surface area contributed by atoms with Crippen LogP contribution in [0.1, 0.15) is 18.0 Å². The number of carbonyl (C=O) groups excluding carboxylic acids is 1. The second-order valence-electron chi connectivity index (χ2n) is 7.29. The topological polar surface area (TPSA) is 102 Å². The summed E-state index contributed by atoms with van der Waals surface area (Å²) >= 11 is 3.40. The molecule has 0 spiro atoms. The molecule has 7 nitrogen and oxygen atoms in total. The van der Waals surface area contributed by atoms with Gasteiger partial charge in [-0.3, -0.25) is 4.79 Å². The molecular formula is C22H18BrN5O2. The molecule has 3 aromatic carbocycles. The standard InChI is InChI=1S/C22H18BrN5O2/c23-15-7-8-17-16(10-15)20(22(30)24-17)27-28-21(29)19-11-18(25-26-19)14-6-5-12-3-1-2-4-13(12)9-14/h1-10,18-19,24-26,30H,11H2. The molecule has 30 heavy (non-hydrogen) atoms. The lowest BCUT2D eigenvalue weighted by atomic mass is 9.99. The van der Waals surface area contributed by atoms with Crippen molar-refractivity contribution in [2.75, 3.05) is 0 Å². The smallest absolute Gasteiger partial charge is 0.282 e. The maximum absolute atomic E-state index is 12.6. The first-order valence-electron chi connectivity index (χ1n) is 9.54. The summed E-state index contributed by atoms with van der Waals surface area (Å²) < 4.78 is 0.844. The molecule has 0 saturated carbocycles. The minimum absolute atomic E-state index is 0.00352. The molecule has 5 rings (SSSR count). The van der Waals surface area contributed by atoms with E-state index in [0.717, 1.165) is 15.4 Å². The van der Waals surface area contributed by atoms with Crippen molar-refractivity contribution in [3.63, 3.8) is 0 Å². The van der Waals surface area contributed by atoms with E-state index in [1.54, 1.807) is 0 Å². The average molecular weight is 464 g/mol. The Morgan fingerprint density at radius 1 is 1.03 bits per heavy atom. The van der Waals surface area contributed by atoms with Crippen LogP contribution in [-0.2, 0) is 4.79 Å². The van der Waals surface area contributed by atoms with E-state index in [1.807, 2.05) is 30.3 Å². The zero-order valence-corrected chi connectivity index (χ0v) is 17.3. The number of hydrogen-bond donors (Lipinski definition) is 4. The number of nitrogens with one attached hydrogen (secondary N) is 3. The van der Waals surface area contributed by atoms with Crippen molar-refractivity contribution >= 4 is 49.2 Å². The summed E-state index contributed by atoms with van der Waals surface area (Å²) in [7, 11) is 0. The van der Waals surface area contributed by atoms with Gasteiger partial charge in [0.05, 0.1) is 5.52 Å². The van der Waals surface area contributed by atoms with Gasteiger partial charge in [-0.1, -0.05) is 52.3 Å². The Labute approximate surface area is 180 Å². The first-order valence-corrected chi connectivity index (χ1v) is 10.3. The number of rotatable bonds is 3. The monoisotopic (exact) mass is 463 g/mol. The molecular weight excluding hydrogens is 446 g/mol. The number of azo groups is 1. The van der Waals surface area contributed by atoms with Gasteiger partial charge in [0.2, 0.25) is 5.88 Å². The van der Waals surface area contributed by atoms with Crippen LogP contribution >= 0.6 is 15.9 Å². The van der Waals surface area contributed by atoms with Gasteiger partial charge in [0.1, 0.15) is 6.04 Å². The summed E-state index contributed by atoms with van der Waals surface area (Å²) in [6.07, 6.45) is 0.557. The number of hydrogen-bond acceptors (Lipinski definition) is 5. The van der Waals surface area contributed by atoms with Crippen molar-refractivity contribution < 1.29 is 9.90 Å². The van der Waals surface area contributed by atoms with Crippen LogP contribution < -0.4 is 10.9 Å². The van der Waals surface area contributed by atoms with Crippen molar-refractivity contribution in [3.05, 3.63) is 70.7 Å². The third-order valence-corrected chi connectivity index (χ3v) is 5.83. The normalized spacial score (nSPS) is 19.2. The summed E-state index contributed by atoms with van der Waals surface area (Å²) in [4.78, 5) is 15.4. The van der Waals surface area contributed by atoms with E-state index < -0.39 is 11.9 Å². The molecule has 150 valence electrons. The maximum atomic E-state index is 12.6. The van der Waals surface area contributed by atoms with Gasteiger partial charge < -0.3 is 10.1 Å². The first kappa shape index (κ1) is 18.9. The minimum atomic E-state index is -0.496. The molecule has 2 atom stereocenters. The van der Waals surface area contributed by atoms with Crippen molar-refractivity contribution in [3.8, 4) is 5.88 Å². The fourth-order valence-electron chi connectivity index (χ4n) is 3.77. The third kappa shape index (κ3) is 3.49.